The van der Waals surface area contributed by atoms with Gasteiger partial charge < -0.3 is 9.64 Å². The zero-order valence-electron chi connectivity index (χ0n) is 9.96. The lowest BCUT2D eigenvalue weighted by molar-refractivity contribution is 0.121. The van der Waals surface area contributed by atoms with Crippen LogP contribution in [0.5, 0.6) is 0 Å². The summed E-state index contributed by atoms with van der Waals surface area (Å²) in [5, 5.41) is 0.936. The van der Waals surface area contributed by atoms with Crippen LogP contribution in [0.15, 0.2) is 0 Å². The van der Waals surface area contributed by atoms with Gasteiger partial charge in [0, 0.05) is 19.6 Å². The molecule has 1 aromatic rings. The summed E-state index contributed by atoms with van der Waals surface area (Å²) in [6.07, 6.45) is 2.19. The highest BCUT2D eigenvalue weighted by molar-refractivity contribution is 6.40. The molecule has 1 saturated heterocycles. The first kappa shape index (κ1) is 13.0. The molecule has 0 radical (unpaired) electrons. The third-order valence-corrected chi connectivity index (χ3v) is 3.62. The van der Waals surface area contributed by atoms with Gasteiger partial charge >= 0.3 is 0 Å². The Morgan fingerprint density at radius 2 is 2.00 bits per heavy atom. The summed E-state index contributed by atoms with van der Waals surface area (Å²) in [5.41, 5.74) is 0. The van der Waals surface area contributed by atoms with Crippen molar-refractivity contribution in [1.82, 2.24) is 9.55 Å². The second-order valence-corrected chi connectivity index (χ2v) is 4.81. The minimum absolute atomic E-state index is 0.393. The highest BCUT2D eigenvalue weighted by atomic mass is 35.5. The summed E-state index contributed by atoms with van der Waals surface area (Å²) in [6, 6.07) is 0. The molecule has 1 aliphatic heterocycles. The number of morpholine rings is 1. The van der Waals surface area contributed by atoms with Crippen LogP contribution in [-0.2, 0) is 11.3 Å². The lowest BCUT2D eigenvalue weighted by Crippen LogP contribution is -2.38. The molecular weight excluding hydrogens is 261 g/mol. The van der Waals surface area contributed by atoms with Crippen molar-refractivity contribution in [1.29, 1.82) is 0 Å². The van der Waals surface area contributed by atoms with E-state index < -0.39 is 0 Å². The number of hydrogen-bond donors (Lipinski definition) is 0. The summed E-state index contributed by atoms with van der Waals surface area (Å²) in [5.74, 6) is 0.872. The van der Waals surface area contributed by atoms with Crippen molar-refractivity contribution >= 4 is 29.2 Å². The van der Waals surface area contributed by atoms with Crippen LogP contribution in [0, 0.1) is 0 Å². The molecule has 0 unspecified atom stereocenters. The normalized spacial score (nSPS) is 16.5. The van der Waals surface area contributed by atoms with Crippen molar-refractivity contribution < 1.29 is 4.74 Å². The summed E-state index contributed by atoms with van der Waals surface area (Å²) in [7, 11) is 0. The quantitative estimate of drug-likeness (QED) is 0.848. The van der Waals surface area contributed by atoms with Crippen LogP contribution in [0.2, 0.25) is 10.3 Å². The molecule has 1 aliphatic rings. The molecule has 2 rings (SSSR count). The Hall–Kier alpha value is -0.450. The maximum Gasteiger partial charge on any atom is 0.208 e. The Kier molecular flexibility index (Phi) is 4.54. The van der Waals surface area contributed by atoms with E-state index in [4.69, 9.17) is 27.9 Å². The molecule has 0 N–H and O–H groups in total. The summed E-state index contributed by atoms with van der Waals surface area (Å²) in [6.45, 7) is 6.17. The van der Waals surface area contributed by atoms with Gasteiger partial charge in [0.15, 0.2) is 5.15 Å². The van der Waals surface area contributed by atoms with E-state index in [0.29, 0.717) is 10.3 Å². The van der Waals surface area contributed by atoms with Gasteiger partial charge in [0.1, 0.15) is 5.15 Å². The lowest BCUT2D eigenvalue weighted by atomic mass is 10.3. The van der Waals surface area contributed by atoms with Gasteiger partial charge in [-0.05, 0) is 6.42 Å². The Morgan fingerprint density at radius 3 is 2.65 bits per heavy atom. The number of unbranched alkanes of at least 4 members (excludes halogenated alkanes) is 1. The predicted octanol–water partition coefficient (Wildman–Crippen LogP) is 2.83. The van der Waals surface area contributed by atoms with Crippen LogP contribution in [0.1, 0.15) is 19.8 Å². The molecular formula is C11H17Cl2N3O. The fourth-order valence-electron chi connectivity index (χ4n) is 1.91. The van der Waals surface area contributed by atoms with Gasteiger partial charge in [0.2, 0.25) is 5.95 Å². The Balaban J connectivity index is 2.21. The van der Waals surface area contributed by atoms with Crippen LogP contribution in [0.25, 0.3) is 0 Å². The van der Waals surface area contributed by atoms with E-state index in [2.05, 4.69) is 16.8 Å². The summed E-state index contributed by atoms with van der Waals surface area (Å²) < 4.78 is 7.33. The molecule has 0 saturated carbocycles. The van der Waals surface area contributed by atoms with Crippen LogP contribution in [-0.4, -0.2) is 35.9 Å². The molecule has 0 aromatic carbocycles. The van der Waals surface area contributed by atoms with Crippen molar-refractivity contribution in [3.05, 3.63) is 10.3 Å². The Morgan fingerprint density at radius 1 is 1.29 bits per heavy atom. The van der Waals surface area contributed by atoms with Gasteiger partial charge in [-0.1, -0.05) is 36.5 Å². The average Bonchev–Trinajstić information content (AvgIpc) is 2.65. The van der Waals surface area contributed by atoms with E-state index >= 15 is 0 Å². The number of anilines is 1. The SMILES string of the molecule is CCCCn1c(N2CCOCC2)nc(Cl)c1Cl. The summed E-state index contributed by atoms with van der Waals surface area (Å²) in [4.78, 5) is 6.53. The molecule has 17 heavy (non-hydrogen) atoms. The van der Waals surface area contributed by atoms with Gasteiger partial charge in [0.05, 0.1) is 13.2 Å². The Labute approximate surface area is 111 Å². The minimum atomic E-state index is 0.393. The highest BCUT2D eigenvalue weighted by Gasteiger charge is 2.20. The molecule has 1 fully saturated rings. The van der Waals surface area contributed by atoms with Crippen molar-refractivity contribution in [3.63, 3.8) is 0 Å². The smallest absolute Gasteiger partial charge is 0.208 e. The largest absolute Gasteiger partial charge is 0.378 e. The van der Waals surface area contributed by atoms with Crippen LogP contribution in [0.3, 0.4) is 0 Å². The third kappa shape index (κ3) is 2.87. The van der Waals surface area contributed by atoms with E-state index in [-0.39, 0.29) is 0 Å². The second-order valence-electron chi connectivity index (χ2n) is 4.10. The van der Waals surface area contributed by atoms with E-state index in [1.54, 1.807) is 0 Å². The number of hydrogen-bond acceptors (Lipinski definition) is 3. The van der Waals surface area contributed by atoms with Crippen LogP contribution in [0.4, 0.5) is 5.95 Å². The topological polar surface area (TPSA) is 30.3 Å². The molecule has 96 valence electrons. The molecule has 0 bridgehead atoms. The van der Waals surface area contributed by atoms with E-state index in [1.165, 1.54) is 0 Å². The summed E-state index contributed by atoms with van der Waals surface area (Å²) >= 11 is 12.2. The standard InChI is InChI=1S/C11H17Cl2N3O/c1-2-3-4-16-10(13)9(12)14-11(16)15-5-7-17-8-6-15/h2-8H2,1H3. The number of nitrogens with zero attached hydrogens (tertiary/aromatic N) is 3. The minimum Gasteiger partial charge on any atom is -0.378 e. The molecule has 0 atom stereocenters. The van der Waals surface area contributed by atoms with Crippen molar-refractivity contribution in [2.24, 2.45) is 0 Å². The zero-order chi connectivity index (χ0) is 12.3. The first-order chi connectivity index (χ1) is 8.24. The first-order valence-electron chi connectivity index (χ1n) is 5.98. The first-order valence-corrected chi connectivity index (χ1v) is 6.74. The maximum absolute atomic E-state index is 6.18. The van der Waals surface area contributed by atoms with Crippen molar-refractivity contribution in [2.45, 2.75) is 26.3 Å². The van der Waals surface area contributed by atoms with Gasteiger partial charge in [0.25, 0.3) is 0 Å². The molecule has 2 heterocycles. The lowest BCUT2D eigenvalue weighted by Gasteiger charge is -2.28. The second kappa shape index (κ2) is 5.94. The van der Waals surface area contributed by atoms with Gasteiger partial charge in [-0.3, -0.25) is 4.57 Å². The van der Waals surface area contributed by atoms with Crippen molar-refractivity contribution in [2.75, 3.05) is 31.2 Å². The Bertz CT molecular complexity index is 375. The molecule has 0 amide bonds. The van der Waals surface area contributed by atoms with E-state index in [1.807, 2.05) is 4.57 Å². The number of ether oxygens (including phenoxy) is 1. The number of halogens is 2. The molecule has 1 aromatic heterocycles. The van der Waals surface area contributed by atoms with Gasteiger partial charge in [-0.15, -0.1) is 0 Å². The predicted molar refractivity (Wildman–Crippen MR) is 70.2 cm³/mol. The highest BCUT2D eigenvalue weighted by Crippen LogP contribution is 2.28. The maximum atomic E-state index is 6.18. The fourth-order valence-corrected chi connectivity index (χ4v) is 2.29. The van der Waals surface area contributed by atoms with E-state index in [0.717, 1.165) is 51.6 Å². The molecule has 0 spiro atoms. The van der Waals surface area contributed by atoms with Gasteiger partial charge in [-0.2, -0.15) is 4.98 Å². The molecule has 0 aliphatic carbocycles. The zero-order valence-corrected chi connectivity index (χ0v) is 11.5. The molecule has 4 nitrogen and oxygen atoms in total. The van der Waals surface area contributed by atoms with Crippen LogP contribution < -0.4 is 4.90 Å². The van der Waals surface area contributed by atoms with Crippen LogP contribution >= 0.6 is 23.2 Å². The molecule has 6 heteroatoms. The van der Waals surface area contributed by atoms with Crippen molar-refractivity contribution in [3.8, 4) is 0 Å². The fraction of sp³-hybridized carbons (Fsp3) is 0.727. The number of imidazole rings is 1. The number of rotatable bonds is 4. The third-order valence-electron chi connectivity index (χ3n) is 2.88. The van der Waals surface area contributed by atoms with Gasteiger partial charge in [-0.25, -0.2) is 0 Å². The monoisotopic (exact) mass is 277 g/mol. The number of aromatic nitrogens is 2. The average molecular weight is 278 g/mol. The van der Waals surface area contributed by atoms with E-state index in [9.17, 15) is 0 Å².